The highest BCUT2D eigenvalue weighted by Crippen LogP contribution is 2.36. The van der Waals surface area contributed by atoms with Crippen LogP contribution in [-0.2, 0) is 0 Å². The van der Waals surface area contributed by atoms with E-state index < -0.39 is 0 Å². The molecule has 6 amide bonds. The van der Waals surface area contributed by atoms with E-state index in [0.29, 0.717) is 71.6 Å². The quantitative estimate of drug-likeness (QED) is 0.0181. The summed E-state index contributed by atoms with van der Waals surface area (Å²) in [6.07, 6.45) is 10.3. The third-order valence-corrected chi connectivity index (χ3v) is 15.6. The van der Waals surface area contributed by atoms with E-state index in [1.165, 1.54) is 45.9 Å². The summed E-state index contributed by atoms with van der Waals surface area (Å²) < 4.78 is 30.1. The van der Waals surface area contributed by atoms with Gasteiger partial charge in [-0.25, -0.2) is 14.6 Å². The molecule has 0 aliphatic carbocycles. The summed E-state index contributed by atoms with van der Waals surface area (Å²) in [5, 5.41) is 16.3. The Morgan fingerprint density at radius 3 is 1.55 bits per heavy atom. The number of carbonyl (C=O) groups is 4. The van der Waals surface area contributed by atoms with Crippen LogP contribution >= 0.6 is 34.2 Å². The zero-order chi connectivity index (χ0) is 61.4. The number of unbranched alkanes of at least 4 members (excludes halogenated alkanes) is 2. The monoisotopic (exact) mass is 1310 g/mol. The fourth-order valence-electron chi connectivity index (χ4n) is 9.65. The molecule has 2 unspecified atom stereocenters. The Balaban J connectivity index is 0.000000246. The first-order valence-corrected chi connectivity index (χ1v) is 31.3. The summed E-state index contributed by atoms with van der Waals surface area (Å²) in [6.45, 7) is 15.2. The highest BCUT2D eigenvalue weighted by molar-refractivity contribution is 14.1. The Morgan fingerprint density at radius 1 is 0.570 bits per heavy atom. The van der Waals surface area contributed by atoms with E-state index in [1.807, 2.05) is 31.2 Å². The minimum absolute atomic E-state index is 0.0786. The lowest BCUT2D eigenvalue weighted by molar-refractivity contribution is 0.0993. The summed E-state index contributed by atoms with van der Waals surface area (Å²) in [7, 11) is 4.97. The fraction of sp³-hybridized carbons (Fsp3) is 0.394. The molecule has 2 aliphatic rings. The Kier molecular flexibility index (Phi) is 26.3. The molecule has 2 fully saturated rings. The van der Waals surface area contributed by atoms with Gasteiger partial charge in [-0.1, -0.05) is 80.8 Å². The van der Waals surface area contributed by atoms with Gasteiger partial charge in [0, 0.05) is 96.3 Å². The Hall–Kier alpha value is -7.30. The third kappa shape index (κ3) is 21.6. The fourth-order valence-corrected chi connectivity index (χ4v) is 10.6. The van der Waals surface area contributed by atoms with Crippen molar-refractivity contribution >= 4 is 80.8 Å². The highest BCUT2D eigenvalue weighted by Gasteiger charge is 2.23. The van der Waals surface area contributed by atoms with Crippen molar-refractivity contribution < 1.29 is 42.9 Å². The molecule has 2 atom stereocenters. The van der Waals surface area contributed by atoms with Gasteiger partial charge in [-0.05, 0) is 173 Å². The van der Waals surface area contributed by atoms with Gasteiger partial charge < -0.3 is 60.1 Å². The number of rotatable bonds is 25. The first kappa shape index (κ1) is 66.2. The molecule has 86 heavy (non-hydrogen) atoms. The molecule has 6 N–H and O–H groups in total. The van der Waals surface area contributed by atoms with Crippen molar-refractivity contribution in [3.8, 4) is 40.2 Å². The summed E-state index contributed by atoms with van der Waals surface area (Å²) in [4.78, 5) is 55.1. The van der Waals surface area contributed by atoms with E-state index in [4.69, 9.17) is 35.3 Å². The minimum atomic E-state index is -0.375. The number of carbonyl (C=O) groups excluding carboxylic acids is 4. The van der Waals surface area contributed by atoms with Crippen LogP contribution in [0.25, 0.3) is 0 Å². The van der Waals surface area contributed by atoms with E-state index in [-0.39, 0.29) is 42.1 Å². The zero-order valence-electron chi connectivity index (χ0n) is 50.4. The molecule has 2 heterocycles. The molecule has 6 aromatic rings. The number of hydrazine groups is 1. The van der Waals surface area contributed by atoms with Crippen LogP contribution in [0.2, 0.25) is 5.02 Å². The molecule has 0 bridgehead atoms. The molecule has 6 aromatic carbocycles. The average Bonchev–Trinajstić information content (AvgIpc) is 3.65. The SMILES string of the molecule is CCCCN1CCC(Oc2ccc(C(=O)Nc3ccc(Oc4ccc(NC(=O)NC(CC)C(C)I)cc4Cl)cc3)cc2)CC1.CCCCN1CCC(Oc2ccc(C(=O)Nc3cccc(Oc4ccc(NC(=O)NN(C)C)cc4OC)c3)cc2)CC1. The number of anilines is 4. The molecular weight excluding hydrogens is 1230 g/mol. The van der Waals surface area contributed by atoms with Crippen LogP contribution < -0.4 is 55.7 Å². The van der Waals surface area contributed by atoms with E-state index >= 15 is 0 Å². The molecule has 2 saturated heterocycles. The number of ether oxygens (including phenoxy) is 5. The predicted molar refractivity (Wildman–Crippen MR) is 352 cm³/mol. The average molecular weight is 1310 g/mol. The van der Waals surface area contributed by atoms with Crippen molar-refractivity contribution in [3.05, 3.63) is 150 Å². The summed E-state index contributed by atoms with van der Waals surface area (Å²) in [5.41, 5.74) is 6.03. The van der Waals surface area contributed by atoms with Crippen molar-refractivity contribution in [1.29, 1.82) is 0 Å². The van der Waals surface area contributed by atoms with Gasteiger partial charge in [-0.3, -0.25) is 15.0 Å². The number of amides is 6. The topological polar surface area (TPSA) is 196 Å². The molecule has 18 nitrogen and oxygen atoms in total. The van der Waals surface area contributed by atoms with Crippen molar-refractivity contribution in [3.63, 3.8) is 0 Å². The third-order valence-electron chi connectivity index (χ3n) is 14.5. The van der Waals surface area contributed by atoms with Gasteiger partial charge >= 0.3 is 12.1 Å². The molecule has 8 rings (SSSR count). The first-order chi connectivity index (χ1) is 41.6. The number of hydrogen-bond donors (Lipinski definition) is 6. The number of benzene rings is 6. The van der Waals surface area contributed by atoms with E-state index in [1.54, 1.807) is 128 Å². The minimum Gasteiger partial charge on any atom is -0.493 e. The van der Waals surface area contributed by atoms with Crippen LogP contribution in [0, 0.1) is 0 Å². The smallest absolute Gasteiger partial charge is 0.333 e. The normalized spacial score (nSPS) is 14.5. The second kappa shape index (κ2) is 34.1. The molecule has 2 aliphatic heterocycles. The summed E-state index contributed by atoms with van der Waals surface area (Å²) in [5.74, 6) is 3.56. The lowest BCUT2D eigenvalue weighted by Crippen LogP contribution is -2.41. The maximum atomic E-state index is 12.9. The van der Waals surface area contributed by atoms with Gasteiger partial charge in [0.15, 0.2) is 11.5 Å². The lowest BCUT2D eigenvalue weighted by atomic mass is 10.1. The van der Waals surface area contributed by atoms with Crippen LogP contribution in [-0.4, -0.2) is 121 Å². The van der Waals surface area contributed by atoms with Crippen molar-refractivity contribution in [2.45, 2.75) is 108 Å². The Bertz CT molecular complexity index is 3100. The number of alkyl halides is 1. The largest absolute Gasteiger partial charge is 0.493 e. The molecule has 20 heteroatoms. The van der Waals surface area contributed by atoms with Crippen LogP contribution in [0.4, 0.5) is 32.3 Å². The van der Waals surface area contributed by atoms with Gasteiger partial charge in [0.05, 0.1) is 12.1 Å². The number of piperidine rings is 2. The second-order valence-corrected chi connectivity index (χ2v) is 23.9. The van der Waals surface area contributed by atoms with Crippen molar-refractivity contribution in [2.75, 3.05) is 81.7 Å². The molecule has 0 radical (unpaired) electrons. The number of urea groups is 2. The van der Waals surface area contributed by atoms with Crippen LogP contribution in [0.3, 0.4) is 0 Å². The maximum absolute atomic E-state index is 12.9. The molecule has 460 valence electrons. The number of halogens is 2. The van der Waals surface area contributed by atoms with Crippen LogP contribution in [0.15, 0.2) is 133 Å². The first-order valence-electron chi connectivity index (χ1n) is 29.7. The van der Waals surface area contributed by atoms with Crippen molar-refractivity contribution in [2.24, 2.45) is 0 Å². The molecule has 0 saturated carbocycles. The summed E-state index contributed by atoms with van der Waals surface area (Å²) >= 11 is 8.74. The van der Waals surface area contributed by atoms with Gasteiger partial charge in [0.25, 0.3) is 11.8 Å². The van der Waals surface area contributed by atoms with Crippen LogP contribution in [0.1, 0.15) is 106 Å². The van der Waals surface area contributed by atoms with Crippen LogP contribution in [0.5, 0.6) is 40.2 Å². The predicted octanol–water partition coefficient (Wildman–Crippen LogP) is 14.7. The molecular formula is C66H83ClIN9O9. The Morgan fingerprint density at radius 2 is 1.05 bits per heavy atom. The number of nitrogens with one attached hydrogen (secondary N) is 6. The summed E-state index contributed by atoms with van der Waals surface area (Å²) in [6, 6.07) is 38.3. The molecule has 0 aromatic heterocycles. The van der Waals surface area contributed by atoms with E-state index in [2.05, 4.69) is 85.2 Å². The second-order valence-electron chi connectivity index (χ2n) is 21.5. The molecule has 0 spiro atoms. The Labute approximate surface area is 525 Å². The van der Waals surface area contributed by atoms with Gasteiger partial charge in [0.1, 0.15) is 41.0 Å². The maximum Gasteiger partial charge on any atom is 0.333 e. The zero-order valence-corrected chi connectivity index (χ0v) is 53.3. The standard InChI is InChI=1S/C34H42ClIN4O4.C32H41N5O5/c1-4-6-19-40-20-17-29(18-21-40)43-27-12-7-24(8-13-27)33(41)37-25-9-14-28(15-10-25)44-32-16-11-26(22-30(32)35)38-34(42)39-31(5-2)23(3)36;1-5-6-18-37-19-16-27(17-20-37)41-26-13-10-23(11-14-26)31(38)33-24-8-7-9-28(21-24)42-29-15-12-25(22-30(29)40-4)34-32(39)35-36(2)3/h7-16,22-23,29,31H,4-6,17-21H2,1-3H3,(H,37,41)(H2,38,39,42);7-15,21-22,27H,5-6,16-20H2,1-4H3,(H,33,38)(H2,34,35,39). The number of methoxy groups -OCH3 is 1. The van der Waals surface area contributed by atoms with E-state index in [0.717, 1.165) is 69.8 Å². The highest BCUT2D eigenvalue weighted by atomic mass is 127. The number of likely N-dealkylation sites (tertiary alicyclic amines) is 2. The number of nitrogens with zero attached hydrogens (tertiary/aromatic N) is 3. The van der Waals surface area contributed by atoms with Gasteiger partial charge in [-0.15, -0.1) is 0 Å². The van der Waals surface area contributed by atoms with Gasteiger partial charge in [0.2, 0.25) is 0 Å². The van der Waals surface area contributed by atoms with E-state index in [9.17, 15) is 19.2 Å². The van der Waals surface area contributed by atoms with Gasteiger partial charge in [-0.2, -0.15) is 0 Å². The lowest BCUT2D eigenvalue weighted by Gasteiger charge is -2.32. The van der Waals surface area contributed by atoms with Crippen molar-refractivity contribution in [1.82, 2.24) is 25.6 Å². The number of hydrogen-bond acceptors (Lipinski definition) is 12.